The highest BCUT2D eigenvalue weighted by molar-refractivity contribution is 6.07. The van der Waals surface area contributed by atoms with E-state index < -0.39 is 23.9 Å². The molecule has 0 fully saturated rings. The monoisotopic (exact) mass is 347 g/mol. The molecule has 1 unspecified atom stereocenters. The molecule has 0 saturated carbocycles. The minimum Gasteiger partial charge on any atom is -0.466 e. The van der Waals surface area contributed by atoms with Crippen LogP contribution in [0.25, 0.3) is 0 Å². The first-order valence-corrected chi connectivity index (χ1v) is 7.88. The fourth-order valence-electron chi connectivity index (χ4n) is 1.89. The van der Waals surface area contributed by atoms with E-state index in [1.165, 1.54) is 0 Å². The summed E-state index contributed by atoms with van der Waals surface area (Å²) in [6.45, 7) is 3.51. The Morgan fingerprint density at radius 1 is 1.00 bits per heavy atom. The molecule has 0 aliphatic heterocycles. The summed E-state index contributed by atoms with van der Waals surface area (Å²) in [5, 5.41) is 2.34. The van der Waals surface area contributed by atoms with Crippen molar-refractivity contribution < 1.29 is 28.7 Å². The number of esters is 2. The van der Waals surface area contributed by atoms with Gasteiger partial charge in [-0.25, -0.2) is 4.79 Å². The van der Waals surface area contributed by atoms with Gasteiger partial charge < -0.3 is 14.8 Å². The second-order valence-electron chi connectivity index (χ2n) is 4.89. The zero-order chi connectivity index (χ0) is 18.7. The van der Waals surface area contributed by atoms with Crippen molar-refractivity contribution in [1.29, 1.82) is 0 Å². The fourth-order valence-corrected chi connectivity index (χ4v) is 1.89. The number of nitrogens with one attached hydrogen (secondary N) is 1. The molecule has 0 bridgehead atoms. The van der Waals surface area contributed by atoms with E-state index >= 15 is 0 Å². The van der Waals surface area contributed by atoms with Crippen molar-refractivity contribution in [2.24, 2.45) is 0 Å². The van der Waals surface area contributed by atoms with Crippen LogP contribution in [0.3, 0.4) is 0 Å². The van der Waals surface area contributed by atoms with Gasteiger partial charge in [-0.05, 0) is 19.9 Å². The van der Waals surface area contributed by atoms with Gasteiger partial charge in [0.25, 0.3) is 0 Å². The Labute approximate surface area is 146 Å². The maximum Gasteiger partial charge on any atom is 0.329 e. The highest BCUT2D eigenvalue weighted by Gasteiger charge is 2.25. The number of allylic oxidation sites excluding steroid dienone is 1. The van der Waals surface area contributed by atoms with Crippen molar-refractivity contribution in [2.75, 3.05) is 13.2 Å². The van der Waals surface area contributed by atoms with Gasteiger partial charge in [0.2, 0.25) is 5.91 Å². The molecule has 1 aromatic rings. The number of hydrogen-bond acceptors (Lipinski definition) is 6. The number of hydrogen-bond donors (Lipinski definition) is 1. The molecule has 0 radical (unpaired) electrons. The topological polar surface area (TPSA) is 98.8 Å². The van der Waals surface area contributed by atoms with Gasteiger partial charge in [0.15, 0.2) is 5.78 Å². The molecule has 1 rings (SSSR count). The van der Waals surface area contributed by atoms with Crippen molar-refractivity contribution in [1.82, 2.24) is 5.32 Å². The summed E-state index contributed by atoms with van der Waals surface area (Å²) in [5.74, 6) is -2.42. The number of benzene rings is 1. The van der Waals surface area contributed by atoms with Crippen LogP contribution >= 0.6 is 0 Å². The van der Waals surface area contributed by atoms with E-state index in [1.54, 1.807) is 44.2 Å². The van der Waals surface area contributed by atoms with Crippen LogP contribution in [0.5, 0.6) is 0 Å². The third-order valence-electron chi connectivity index (χ3n) is 3.01. The number of rotatable bonds is 9. The van der Waals surface area contributed by atoms with E-state index in [4.69, 9.17) is 9.47 Å². The Morgan fingerprint density at radius 3 is 2.24 bits per heavy atom. The van der Waals surface area contributed by atoms with Crippen molar-refractivity contribution in [3.05, 3.63) is 48.0 Å². The van der Waals surface area contributed by atoms with Gasteiger partial charge >= 0.3 is 11.9 Å². The summed E-state index contributed by atoms with van der Waals surface area (Å²) in [5.41, 5.74) is 0.431. The quantitative estimate of drug-likeness (QED) is 0.412. The lowest BCUT2D eigenvalue weighted by Crippen LogP contribution is -2.43. The second kappa shape index (κ2) is 10.7. The standard InChI is InChI=1S/C18H21NO6/c1-3-24-17(22)12-14(18(23)25-4-2)19-16(21)11-10-15(20)13-8-6-5-7-9-13/h5-11,14H,3-4,12H2,1-2H3,(H,19,21)/b11-10+. The van der Waals surface area contributed by atoms with E-state index in [-0.39, 0.29) is 25.4 Å². The molecule has 7 nitrogen and oxygen atoms in total. The van der Waals surface area contributed by atoms with Crippen molar-refractivity contribution in [3.8, 4) is 0 Å². The number of ketones is 1. The van der Waals surface area contributed by atoms with Gasteiger partial charge in [-0.3, -0.25) is 14.4 Å². The minimum atomic E-state index is -1.18. The van der Waals surface area contributed by atoms with Gasteiger partial charge in [0.1, 0.15) is 6.04 Å². The van der Waals surface area contributed by atoms with E-state index in [2.05, 4.69) is 5.32 Å². The molecular formula is C18H21NO6. The summed E-state index contributed by atoms with van der Waals surface area (Å²) < 4.78 is 9.59. The van der Waals surface area contributed by atoms with Crippen LogP contribution in [0.2, 0.25) is 0 Å². The lowest BCUT2D eigenvalue weighted by molar-refractivity contribution is -0.153. The van der Waals surface area contributed by atoms with Crippen LogP contribution in [0.4, 0.5) is 0 Å². The highest BCUT2D eigenvalue weighted by Crippen LogP contribution is 2.02. The van der Waals surface area contributed by atoms with Crippen LogP contribution in [-0.2, 0) is 23.9 Å². The smallest absolute Gasteiger partial charge is 0.329 e. The van der Waals surface area contributed by atoms with Crippen LogP contribution in [-0.4, -0.2) is 42.9 Å². The summed E-state index contributed by atoms with van der Waals surface area (Å²) in [6, 6.07) is 7.24. The molecule has 1 aromatic carbocycles. The predicted octanol–water partition coefficient (Wildman–Crippen LogP) is 1.43. The van der Waals surface area contributed by atoms with E-state index in [1.807, 2.05) is 0 Å². The molecule has 0 aliphatic carbocycles. The molecule has 134 valence electrons. The largest absolute Gasteiger partial charge is 0.466 e. The Kier molecular flexibility index (Phi) is 8.63. The molecular weight excluding hydrogens is 326 g/mol. The normalized spacial score (nSPS) is 11.6. The van der Waals surface area contributed by atoms with Crippen LogP contribution < -0.4 is 5.32 Å². The zero-order valence-electron chi connectivity index (χ0n) is 14.2. The first-order chi connectivity index (χ1) is 12.0. The fraction of sp³-hybridized carbons (Fsp3) is 0.333. The number of carbonyl (C=O) groups is 4. The molecule has 25 heavy (non-hydrogen) atoms. The maximum atomic E-state index is 11.9. The van der Waals surface area contributed by atoms with Gasteiger partial charge in [-0.15, -0.1) is 0 Å². The van der Waals surface area contributed by atoms with E-state index in [0.29, 0.717) is 5.56 Å². The molecule has 0 aliphatic rings. The zero-order valence-corrected chi connectivity index (χ0v) is 14.2. The molecule has 1 atom stereocenters. The highest BCUT2D eigenvalue weighted by atomic mass is 16.5. The Morgan fingerprint density at radius 2 is 1.64 bits per heavy atom. The third-order valence-corrected chi connectivity index (χ3v) is 3.01. The van der Waals surface area contributed by atoms with E-state index in [9.17, 15) is 19.2 Å². The molecule has 0 aromatic heterocycles. The lowest BCUT2D eigenvalue weighted by atomic mass is 10.1. The average molecular weight is 347 g/mol. The Hall–Kier alpha value is -2.96. The minimum absolute atomic E-state index is 0.108. The first-order valence-electron chi connectivity index (χ1n) is 7.88. The third kappa shape index (κ3) is 7.43. The van der Waals surface area contributed by atoms with Gasteiger partial charge in [-0.2, -0.15) is 0 Å². The number of amides is 1. The summed E-state index contributed by atoms with van der Waals surface area (Å²) in [4.78, 5) is 47.2. The Balaban J connectivity index is 2.70. The average Bonchev–Trinajstić information content (AvgIpc) is 2.60. The van der Waals surface area contributed by atoms with Crippen molar-refractivity contribution >= 4 is 23.6 Å². The second-order valence-corrected chi connectivity index (χ2v) is 4.89. The van der Waals surface area contributed by atoms with Crippen LogP contribution in [0.15, 0.2) is 42.5 Å². The SMILES string of the molecule is CCOC(=O)CC(NC(=O)/C=C/C(=O)c1ccccc1)C(=O)OCC. The molecule has 0 spiro atoms. The van der Waals surface area contributed by atoms with Gasteiger partial charge in [0, 0.05) is 11.6 Å². The van der Waals surface area contributed by atoms with Gasteiger partial charge in [0.05, 0.1) is 19.6 Å². The van der Waals surface area contributed by atoms with E-state index in [0.717, 1.165) is 12.2 Å². The number of ether oxygens (including phenoxy) is 2. The number of carbonyl (C=O) groups excluding carboxylic acids is 4. The molecule has 0 saturated heterocycles. The van der Waals surface area contributed by atoms with Crippen LogP contribution in [0, 0.1) is 0 Å². The predicted molar refractivity (Wildman–Crippen MR) is 89.7 cm³/mol. The summed E-state index contributed by atoms with van der Waals surface area (Å²) in [7, 11) is 0. The van der Waals surface area contributed by atoms with Crippen LogP contribution in [0.1, 0.15) is 30.6 Å². The molecule has 1 N–H and O–H groups in total. The molecule has 0 heterocycles. The summed E-state index contributed by atoms with van der Waals surface area (Å²) >= 11 is 0. The lowest BCUT2D eigenvalue weighted by Gasteiger charge is -2.15. The summed E-state index contributed by atoms with van der Waals surface area (Å²) in [6.07, 6.45) is 1.75. The van der Waals surface area contributed by atoms with Crippen molar-refractivity contribution in [3.63, 3.8) is 0 Å². The first kappa shape index (κ1) is 20.1. The molecule has 1 amide bonds. The Bertz CT molecular complexity index is 638. The van der Waals surface area contributed by atoms with Gasteiger partial charge in [-0.1, -0.05) is 30.3 Å². The maximum absolute atomic E-state index is 11.9. The van der Waals surface area contributed by atoms with Crippen molar-refractivity contribution in [2.45, 2.75) is 26.3 Å². The molecule has 7 heteroatoms.